The fourth-order valence-electron chi connectivity index (χ4n) is 2.07. The molecule has 0 spiro atoms. The number of rotatable bonds is 4. The predicted molar refractivity (Wildman–Crippen MR) is 80.4 cm³/mol. The molecule has 0 fully saturated rings. The van der Waals surface area contributed by atoms with Crippen LogP contribution in [0.4, 0.5) is 0 Å². The summed E-state index contributed by atoms with van der Waals surface area (Å²) in [7, 11) is 0. The normalized spacial score (nSPS) is 10.7. The van der Waals surface area contributed by atoms with Gasteiger partial charge in [-0.15, -0.1) is 0 Å². The van der Waals surface area contributed by atoms with Gasteiger partial charge in [0.1, 0.15) is 0 Å². The first-order valence-electron chi connectivity index (χ1n) is 6.25. The van der Waals surface area contributed by atoms with E-state index in [0.29, 0.717) is 21.1 Å². The van der Waals surface area contributed by atoms with Crippen LogP contribution in [-0.2, 0) is 0 Å². The van der Waals surface area contributed by atoms with E-state index in [9.17, 15) is 9.59 Å². The number of halogens is 1. The molecule has 3 aromatic rings. The lowest BCUT2D eigenvalue weighted by atomic mass is 10.0. The first-order chi connectivity index (χ1) is 10.2. The number of hydrogen-bond acceptors (Lipinski definition) is 4. The van der Waals surface area contributed by atoms with Crippen molar-refractivity contribution in [2.24, 2.45) is 0 Å². The molecule has 0 unspecified atom stereocenters. The molecular weight excluding hydrogens is 334 g/mol. The van der Waals surface area contributed by atoms with Crippen LogP contribution in [0.1, 0.15) is 27.1 Å². The van der Waals surface area contributed by atoms with Crippen molar-refractivity contribution < 1.29 is 9.59 Å². The highest BCUT2D eigenvalue weighted by Crippen LogP contribution is 2.19. The highest BCUT2D eigenvalue weighted by molar-refractivity contribution is 9.10. The van der Waals surface area contributed by atoms with Gasteiger partial charge >= 0.3 is 0 Å². The van der Waals surface area contributed by atoms with Crippen LogP contribution in [0.15, 0.2) is 53.5 Å². The van der Waals surface area contributed by atoms with Gasteiger partial charge in [-0.1, -0.05) is 34.1 Å². The second-order valence-electron chi connectivity index (χ2n) is 4.47. The molecule has 0 aliphatic heterocycles. The molecule has 0 atom stereocenters. The van der Waals surface area contributed by atoms with Gasteiger partial charge in [-0.05, 0) is 6.07 Å². The fraction of sp³-hybridized carbons (Fsp3) is 0.0667. The lowest BCUT2D eigenvalue weighted by molar-refractivity contribution is 0.0895. The second kappa shape index (κ2) is 5.57. The summed E-state index contributed by atoms with van der Waals surface area (Å²) in [5.41, 5.74) is 1.51. The molecule has 3 rings (SSSR count). The third-order valence-corrected chi connectivity index (χ3v) is 3.81. The number of benzene rings is 1. The zero-order valence-corrected chi connectivity index (χ0v) is 12.4. The molecule has 0 amide bonds. The molecule has 21 heavy (non-hydrogen) atoms. The fourth-order valence-corrected chi connectivity index (χ4v) is 2.58. The topological polar surface area (TPSA) is 64.3 Å². The van der Waals surface area contributed by atoms with Crippen molar-refractivity contribution in [2.75, 3.05) is 0 Å². The highest BCUT2D eigenvalue weighted by atomic mass is 79.9. The summed E-state index contributed by atoms with van der Waals surface area (Å²) >= 11 is 3.32. The molecular formula is C15H10BrN3O2. The van der Waals surface area contributed by atoms with Crippen LogP contribution in [-0.4, -0.2) is 26.2 Å². The Labute approximate surface area is 128 Å². The number of fused-ring (bicyclic) bond motifs is 1. The molecule has 5 nitrogen and oxygen atoms in total. The smallest absolute Gasteiger partial charge is 0.174 e. The van der Waals surface area contributed by atoms with Crippen LogP contribution < -0.4 is 0 Å². The van der Waals surface area contributed by atoms with E-state index < -0.39 is 0 Å². The minimum atomic E-state index is -0.265. The first kappa shape index (κ1) is 13.6. The Morgan fingerprint density at radius 2 is 1.86 bits per heavy atom. The predicted octanol–water partition coefficient (Wildman–Crippen LogP) is 2.95. The van der Waals surface area contributed by atoms with E-state index >= 15 is 0 Å². The summed E-state index contributed by atoms with van der Waals surface area (Å²) in [5.74, 6) is -0.491. The molecule has 1 aromatic carbocycles. The second-order valence-corrected chi connectivity index (χ2v) is 5.32. The standard InChI is InChI=1S/C15H10BrN3O2/c16-12-4-2-1-3-10(12)14(20)7-15(21)11-8-18-19-6-5-17-9-13(11)19/h1-6,8-9H,7H2. The molecule has 0 aliphatic carbocycles. The number of carbonyl (C=O) groups is 2. The molecule has 0 radical (unpaired) electrons. The van der Waals surface area contributed by atoms with Gasteiger partial charge in [0.25, 0.3) is 0 Å². The lowest BCUT2D eigenvalue weighted by Crippen LogP contribution is -2.09. The van der Waals surface area contributed by atoms with Gasteiger partial charge in [0, 0.05) is 22.4 Å². The Morgan fingerprint density at radius 1 is 1.10 bits per heavy atom. The maximum absolute atomic E-state index is 12.3. The van der Waals surface area contributed by atoms with Crippen LogP contribution in [0.5, 0.6) is 0 Å². The largest absolute Gasteiger partial charge is 0.294 e. The number of ketones is 2. The number of Topliss-reactive ketones (excluding diaryl/α,β-unsaturated/α-hetero) is 2. The van der Waals surface area contributed by atoms with Crippen LogP contribution >= 0.6 is 15.9 Å². The SMILES string of the molecule is O=C(CC(=O)c1cnn2ccncc12)c1ccccc1Br. The maximum Gasteiger partial charge on any atom is 0.174 e. The average Bonchev–Trinajstić information content (AvgIpc) is 2.91. The average molecular weight is 344 g/mol. The van der Waals surface area contributed by atoms with Gasteiger partial charge in [0.2, 0.25) is 0 Å². The molecule has 0 N–H and O–H groups in total. The van der Waals surface area contributed by atoms with Crippen molar-refractivity contribution in [3.05, 3.63) is 64.7 Å². The number of hydrogen-bond donors (Lipinski definition) is 0. The molecule has 0 saturated carbocycles. The van der Waals surface area contributed by atoms with Crippen molar-refractivity contribution in [3.63, 3.8) is 0 Å². The van der Waals surface area contributed by atoms with Crippen molar-refractivity contribution in [1.29, 1.82) is 0 Å². The van der Waals surface area contributed by atoms with Crippen LogP contribution in [0.2, 0.25) is 0 Å². The number of aromatic nitrogens is 3. The van der Waals surface area contributed by atoms with E-state index in [2.05, 4.69) is 26.0 Å². The van der Waals surface area contributed by atoms with E-state index in [1.165, 1.54) is 6.20 Å². The molecule has 0 saturated heterocycles. The van der Waals surface area contributed by atoms with Crippen molar-refractivity contribution in [2.45, 2.75) is 6.42 Å². The molecule has 6 heteroatoms. The number of carbonyl (C=O) groups excluding carboxylic acids is 2. The molecule has 2 aromatic heterocycles. The number of nitrogens with zero attached hydrogens (tertiary/aromatic N) is 3. The highest BCUT2D eigenvalue weighted by Gasteiger charge is 2.18. The van der Waals surface area contributed by atoms with E-state index in [4.69, 9.17) is 0 Å². The summed E-state index contributed by atoms with van der Waals surface area (Å²) in [6.07, 6.45) is 6.07. The van der Waals surface area contributed by atoms with Crippen LogP contribution in [0, 0.1) is 0 Å². The van der Waals surface area contributed by atoms with Crippen molar-refractivity contribution in [3.8, 4) is 0 Å². The lowest BCUT2D eigenvalue weighted by Gasteiger charge is -2.02. The van der Waals surface area contributed by atoms with Gasteiger partial charge in [-0.25, -0.2) is 4.52 Å². The monoisotopic (exact) mass is 343 g/mol. The van der Waals surface area contributed by atoms with Gasteiger partial charge in [0.15, 0.2) is 11.6 Å². The molecule has 0 aliphatic rings. The van der Waals surface area contributed by atoms with E-state index in [0.717, 1.165) is 0 Å². The van der Waals surface area contributed by atoms with Crippen molar-refractivity contribution in [1.82, 2.24) is 14.6 Å². The van der Waals surface area contributed by atoms with E-state index in [1.54, 1.807) is 41.3 Å². The Morgan fingerprint density at radius 3 is 2.67 bits per heavy atom. The van der Waals surface area contributed by atoms with Crippen molar-refractivity contribution >= 4 is 33.0 Å². The third-order valence-electron chi connectivity index (χ3n) is 3.12. The maximum atomic E-state index is 12.3. The van der Waals surface area contributed by atoms with E-state index in [-0.39, 0.29) is 18.0 Å². The summed E-state index contributed by atoms with van der Waals surface area (Å²) in [4.78, 5) is 28.5. The van der Waals surface area contributed by atoms with Gasteiger partial charge in [-0.3, -0.25) is 14.6 Å². The molecule has 0 bridgehead atoms. The Bertz CT molecular complexity index is 842. The zero-order chi connectivity index (χ0) is 14.8. The Balaban J connectivity index is 1.87. The van der Waals surface area contributed by atoms with Crippen LogP contribution in [0.3, 0.4) is 0 Å². The summed E-state index contributed by atoms with van der Waals surface area (Å²) in [5, 5.41) is 4.07. The van der Waals surface area contributed by atoms with E-state index in [1.807, 2.05) is 6.07 Å². The summed E-state index contributed by atoms with van der Waals surface area (Å²) in [6.45, 7) is 0. The minimum Gasteiger partial charge on any atom is -0.294 e. The molecule has 2 heterocycles. The van der Waals surface area contributed by atoms with Gasteiger partial charge in [0.05, 0.1) is 29.9 Å². The Kier molecular flexibility index (Phi) is 3.62. The Hall–Kier alpha value is -2.34. The van der Waals surface area contributed by atoms with Gasteiger partial charge in [-0.2, -0.15) is 5.10 Å². The summed E-state index contributed by atoms with van der Waals surface area (Å²) < 4.78 is 2.24. The quantitative estimate of drug-likeness (QED) is 0.539. The van der Waals surface area contributed by atoms with Gasteiger partial charge < -0.3 is 0 Å². The molecule has 104 valence electrons. The van der Waals surface area contributed by atoms with Crippen LogP contribution in [0.25, 0.3) is 5.52 Å². The minimum absolute atomic E-state index is 0.196. The summed E-state index contributed by atoms with van der Waals surface area (Å²) in [6, 6.07) is 7.05. The third kappa shape index (κ3) is 2.62. The first-order valence-corrected chi connectivity index (χ1v) is 7.04. The zero-order valence-electron chi connectivity index (χ0n) is 10.9.